The van der Waals surface area contributed by atoms with Gasteiger partial charge in [-0.25, -0.2) is 0 Å². The van der Waals surface area contributed by atoms with E-state index in [2.05, 4.69) is 0 Å². The molecular formula is C16H16O5. The van der Waals surface area contributed by atoms with Gasteiger partial charge in [0.2, 0.25) is 5.75 Å². The van der Waals surface area contributed by atoms with Gasteiger partial charge in [-0.05, 0) is 19.1 Å². The van der Waals surface area contributed by atoms with Crippen LogP contribution in [0, 0.1) is 0 Å². The van der Waals surface area contributed by atoms with Crippen molar-refractivity contribution in [3.8, 4) is 34.1 Å². The van der Waals surface area contributed by atoms with E-state index in [4.69, 9.17) is 9.47 Å². The summed E-state index contributed by atoms with van der Waals surface area (Å²) >= 11 is 0. The summed E-state index contributed by atoms with van der Waals surface area (Å²) in [5.41, 5.74) is 1.19. The Morgan fingerprint density at radius 1 is 1.24 bits per heavy atom. The number of carbonyl (C=O) groups is 1. The third-order valence-corrected chi connectivity index (χ3v) is 3.05. The maximum atomic E-state index is 11.3. The third kappa shape index (κ3) is 2.63. The number of aromatic hydroxyl groups is 2. The molecule has 2 rings (SSSR count). The van der Waals surface area contributed by atoms with Crippen LogP contribution in [0.25, 0.3) is 11.1 Å². The minimum absolute atomic E-state index is 0.0317. The second kappa shape index (κ2) is 6.17. The van der Waals surface area contributed by atoms with Crippen molar-refractivity contribution >= 4 is 6.29 Å². The van der Waals surface area contributed by atoms with Gasteiger partial charge in [0.15, 0.2) is 17.8 Å². The number of hydrogen-bond donors (Lipinski definition) is 2. The number of phenolic OH excluding ortho intramolecular Hbond substituents is 2. The van der Waals surface area contributed by atoms with Gasteiger partial charge in [-0.15, -0.1) is 0 Å². The lowest BCUT2D eigenvalue weighted by Crippen LogP contribution is -1.98. The van der Waals surface area contributed by atoms with Gasteiger partial charge in [-0.3, -0.25) is 4.79 Å². The van der Waals surface area contributed by atoms with E-state index in [1.807, 2.05) is 13.0 Å². The number of carbonyl (C=O) groups excluding carboxylic acids is 1. The molecule has 0 aromatic heterocycles. The Kier molecular flexibility index (Phi) is 4.33. The van der Waals surface area contributed by atoms with Crippen LogP contribution in [0.2, 0.25) is 0 Å². The van der Waals surface area contributed by atoms with Gasteiger partial charge >= 0.3 is 0 Å². The Balaban J connectivity index is 2.79. The molecule has 0 amide bonds. The van der Waals surface area contributed by atoms with Crippen molar-refractivity contribution in [3.05, 3.63) is 35.9 Å². The number of hydrogen-bond acceptors (Lipinski definition) is 5. The van der Waals surface area contributed by atoms with Crippen molar-refractivity contribution in [3.63, 3.8) is 0 Å². The molecule has 0 fully saturated rings. The molecule has 0 bridgehead atoms. The largest absolute Gasteiger partial charge is 0.504 e. The fraction of sp³-hybridized carbons (Fsp3) is 0.188. The minimum atomic E-state index is -0.413. The highest BCUT2D eigenvalue weighted by Crippen LogP contribution is 2.47. The summed E-state index contributed by atoms with van der Waals surface area (Å²) in [6.07, 6.45) is 0.597. The molecule has 0 saturated heterocycles. The molecule has 110 valence electrons. The van der Waals surface area contributed by atoms with Crippen LogP contribution in [0.4, 0.5) is 0 Å². The van der Waals surface area contributed by atoms with Crippen molar-refractivity contribution in [2.75, 3.05) is 13.7 Å². The first kappa shape index (κ1) is 14.7. The lowest BCUT2D eigenvalue weighted by Gasteiger charge is -2.16. The van der Waals surface area contributed by atoms with Crippen LogP contribution in [0.5, 0.6) is 23.0 Å². The molecule has 5 heteroatoms. The number of phenols is 2. The van der Waals surface area contributed by atoms with E-state index in [1.54, 1.807) is 18.2 Å². The summed E-state index contributed by atoms with van der Waals surface area (Å²) in [4.78, 5) is 11.3. The van der Waals surface area contributed by atoms with E-state index < -0.39 is 11.5 Å². The lowest BCUT2D eigenvalue weighted by molar-refractivity contribution is 0.112. The summed E-state index contributed by atoms with van der Waals surface area (Å²) in [7, 11) is 1.36. The van der Waals surface area contributed by atoms with Gasteiger partial charge < -0.3 is 19.7 Å². The Morgan fingerprint density at radius 3 is 2.57 bits per heavy atom. The fourth-order valence-corrected chi connectivity index (χ4v) is 2.18. The molecule has 0 saturated carbocycles. The van der Waals surface area contributed by atoms with Crippen molar-refractivity contribution in [1.82, 2.24) is 0 Å². The Labute approximate surface area is 122 Å². The molecule has 2 N–H and O–H groups in total. The van der Waals surface area contributed by atoms with E-state index >= 15 is 0 Å². The van der Waals surface area contributed by atoms with E-state index in [9.17, 15) is 15.0 Å². The first-order valence-corrected chi connectivity index (χ1v) is 6.44. The van der Waals surface area contributed by atoms with Crippen LogP contribution in [0.15, 0.2) is 30.3 Å². The zero-order valence-electron chi connectivity index (χ0n) is 11.8. The summed E-state index contributed by atoms with van der Waals surface area (Å²) in [6, 6.07) is 8.31. The van der Waals surface area contributed by atoms with Crippen LogP contribution in [0.1, 0.15) is 17.3 Å². The molecule has 0 atom stereocenters. The standard InChI is InChI=1S/C16H16O5/c1-3-21-13-7-5-4-6-11(13)14-10(9-17)8-12(18)15(19)16(14)20-2/h4-9,18-19H,3H2,1-2H3. The van der Waals surface area contributed by atoms with E-state index in [-0.39, 0.29) is 11.3 Å². The average Bonchev–Trinajstić information content (AvgIpc) is 2.50. The zero-order valence-corrected chi connectivity index (χ0v) is 11.8. The first-order chi connectivity index (χ1) is 10.1. The molecule has 2 aromatic rings. The van der Waals surface area contributed by atoms with Gasteiger partial charge in [-0.1, -0.05) is 18.2 Å². The average molecular weight is 288 g/mol. The quantitative estimate of drug-likeness (QED) is 0.653. The summed E-state index contributed by atoms with van der Waals surface area (Å²) in [5, 5.41) is 19.6. The van der Waals surface area contributed by atoms with Crippen molar-refractivity contribution in [2.45, 2.75) is 6.92 Å². The minimum Gasteiger partial charge on any atom is -0.504 e. The number of rotatable bonds is 5. The SMILES string of the molecule is CCOc1ccccc1-c1c(C=O)cc(O)c(O)c1OC. The molecule has 0 spiro atoms. The second-order valence-electron chi connectivity index (χ2n) is 4.29. The van der Waals surface area contributed by atoms with Crippen molar-refractivity contribution in [2.24, 2.45) is 0 Å². The zero-order chi connectivity index (χ0) is 15.4. The Bertz CT molecular complexity index is 664. The summed E-state index contributed by atoms with van der Waals surface area (Å²) in [5.74, 6) is -0.230. The van der Waals surface area contributed by atoms with Crippen LogP contribution in [-0.4, -0.2) is 30.2 Å². The summed E-state index contributed by atoms with van der Waals surface area (Å²) < 4.78 is 10.7. The molecule has 0 aliphatic heterocycles. The monoisotopic (exact) mass is 288 g/mol. The number of benzene rings is 2. The van der Waals surface area contributed by atoms with Crippen LogP contribution < -0.4 is 9.47 Å². The first-order valence-electron chi connectivity index (χ1n) is 6.44. The molecule has 21 heavy (non-hydrogen) atoms. The fourth-order valence-electron chi connectivity index (χ4n) is 2.18. The molecule has 0 heterocycles. The number of methoxy groups -OCH3 is 1. The summed E-state index contributed by atoms with van der Waals surface area (Å²) in [6.45, 7) is 2.31. The Morgan fingerprint density at radius 2 is 1.95 bits per heavy atom. The van der Waals surface area contributed by atoms with Gasteiger partial charge in [0.05, 0.1) is 13.7 Å². The van der Waals surface area contributed by atoms with E-state index in [0.717, 1.165) is 0 Å². The number of aldehydes is 1. The van der Waals surface area contributed by atoms with Gasteiger partial charge in [0.25, 0.3) is 0 Å². The molecule has 5 nitrogen and oxygen atoms in total. The molecule has 0 unspecified atom stereocenters. The van der Waals surface area contributed by atoms with Gasteiger partial charge in [0.1, 0.15) is 5.75 Å². The van der Waals surface area contributed by atoms with Crippen LogP contribution in [0.3, 0.4) is 0 Å². The van der Waals surface area contributed by atoms with Crippen LogP contribution >= 0.6 is 0 Å². The molecule has 0 aliphatic rings. The maximum absolute atomic E-state index is 11.3. The Hall–Kier alpha value is -2.69. The molecule has 0 radical (unpaired) electrons. The van der Waals surface area contributed by atoms with Crippen molar-refractivity contribution in [1.29, 1.82) is 0 Å². The highest BCUT2D eigenvalue weighted by molar-refractivity contribution is 5.94. The smallest absolute Gasteiger partial charge is 0.201 e. The molecule has 2 aromatic carbocycles. The van der Waals surface area contributed by atoms with Gasteiger partial charge in [0, 0.05) is 16.7 Å². The maximum Gasteiger partial charge on any atom is 0.201 e. The third-order valence-electron chi connectivity index (χ3n) is 3.05. The van der Waals surface area contributed by atoms with Crippen molar-refractivity contribution < 1.29 is 24.5 Å². The molecular weight excluding hydrogens is 272 g/mol. The second-order valence-corrected chi connectivity index (χ2v) is 4.29. The predicted octanol–water partition coefficient (Wildman–Crippen LogP) is 2.98. The highest BCUT2D eigenvalue weighted by atomic mass is 16.5. The van der Waals surface area contributed by atoms with E-state index in [0.29, 0.717) is 29.8 Å². The predicted molar refractivity (Wildman–Crippen MR) is 78.3 cm³/mol. The number of ether oxygens (including phenoxy) is 2. The van der Waals surface area contributed by atoms with Crippen LogP contribution in [-0.2, 0) is 0 Å². The number of para-hydroxylation sites is 1. The topological polar surface area (TPSA) is 76.0 Å². The highest BCUT2D eigenvalue weighted by Gasteiger charge is 2.21. The normalized spacial score (nSPS) is 10.2. The molecule has 0 aliphatic carbocycles. The lowest BCUT2D eigenvalue weighted by atomic mass is 9.97. The van der Waals surface area contributed by atoms with Gasteiger partial charge in [-0.2, -0.15) is 0 Å². The van der Waals surface area contributed by atoms with E-state index in [1.165, 1.54) is 13.2 Å².